The molecule has 0 radical (unpaired) electrons. The summed E-state index contributed by atoms with van der Waals surface area (Å²) in [5.74, 6) is 0. The Morgan fingerprint density at radius 2 is 0.881 bits per heavy atom. The lowest BCUT2D eigenvalue weighted by molar-refractivity contribution is 0.888. The minimum atomic E-state index is 1.00. The van der Waals surface area contributed by atoms with Crippen molar-refractivity contribution in [3.8, 4) is 39.1 Å². The first-order valence-corrected chi connectivity index (χ1v) is 23.2. The Labute approximate surface area is 392 Å². The highest BCUT2D eigenvalue weighted by Gasteiger charge is 2.24. The smallest absolute Gasteiger partial charge is 0.0558 e. The van der Waals surface area contributed by atoms with E-state index in [0.717, 1.165) is 58.1 Å². The van der Waals surface area contributed by atoms with Crippen LogP contribution >= 0.6 is 0 Å². The van der Waals surface area contributed by atoms with Crippen LogP contribution in [0, 0.1) is 0 Å². The van der Waals surface area contributed by atoms with Crippen molar-refractivity contribution >= 4 is 61.9 Å². The highest BCUT2D eigenvalue weighted by atomic mass is 15.2. The van der Waals surface area contributed by atoms with Gasteiger partial charge in [0.15, 0.2) is 0 Å². The summed E-state index contributed by atoms with van der Waals surface area (Å²) in [6, 6.07) is 90.3. The fourth-order valence-corrected chi connectivity index (χ4v) is 10.0. The van der Waals surface area contributed by atoms with E-state index in [1.807, 2.05) is 0 Å². The van der Waals surface area contributed by atoms with Crippen molar-refractivity contribution in [1.82, 2.24) is 4.57 Å². The zero-order chi connectivity index (χ0) is 44.5. The van der Waals surface area contributed by atoms with Crippen molar-refractivity contribution in [3.63, 3.8) is 0 Å². The Hall–Kier alpha value is -8.66. The molecule has 1 aromatic heterocycles. The number of hydrogen-bond acceptors (Lipinski definition) is 2. The molecule has 1 aliphatic carbocycles. The number of allylic oxidation sites excluding steroid dienone is 1. The van der Waals surface area contributed by atoms with E-state index < -0.39 is 0 Å². The van der Waals surface area contributed by atoms with E-state index in [-0.39, 0.29) is 0 Å². The molecule has 0 N–H and O–H groups in total. The zero-order valence-corrected chi connectivity index (χ0v) is 37.1. The highest BCUT2D eigenvalue weighted by Crippen LogP contribution is 2.46. The van der Waals surface area contributed by atoms with Crippen molar-refractivity contribution in [2.75, 3.05) is 9.80 Å². The van der Waals surface area contributed by atoms with Gasteiger partial charge in [0.2, 0.25) is 0 Å². The molecule has 3 heteroatoms. The quantitative estimate of drug-likeness (QED) is 0.136. The van der Waals surface area contributed by atoms with Crippen LogP contribution < -0.4 is 9.80 Å². The van der Waals surface area contributed by atoms with Crippen molar-refractivity contribution in [2.45, 2.75) is 12.8 Å². The molecule has 0 bridgehead atoms. The molecule has 318 valence electrons. The molecule has 67 heavy (non-hydrogen) atoms. The van der Waals surface area contributed by atoms with Crippen molar-refractivity contribution in [1.29, 1.82) is 0 Å². The molecule has 0 saturated heterocycles. The van der Waals surface area contributed by atoms with Crippen LogP contribution in [-0.4, -0.2) is 4.57 Å². The predicted molar refractivity (Wildman–Crippen MR) is 284 cm³/mol. The number of hydrogen-bond donors (Lipinski definition) is 0. The van der Waals surface area contributed by atoms with Crippen LogP contribution in [0.2, 0.25) is 0 Å². The van der Waals surface area contributed by atoms with Gasteiger partial charge in [-0.1, -0.05) is 170 Å². The van der Waals surface area contributed by atoms with E-state index in [0.29, 0.717) is 0 Å². The van der Waals surface area contributed by atoms with Crippen LogP contribution in [0.5, 0.6) is 0 Å². The molecular weight excluding hydrogens is 811 g/mol. The number of rotatable bonds is 10. The van der Waals surface area contributed by atoms with Gasteiger partial charge in [-0.15, -0.1) is 0 Å². The molecule has 11 aromatic rings. The lowest BCUT2D eigenvalue weighted by atomic mass is 9.96. The second-order valence-electron chi connectivity index (χ2n) is 17.3. The van der Waals surface area contributed by atoms with Gasteiger partial charge in [-0.3, -0.25) is 0 Å². The predicted octanol–water partition coefficient (Wildman–Crippen LogP) is 17.7. The van der Waals surface area contributed by atoms with Crippen molar-refractivity contribution in [3.05, 3.63) is 266 Å². The lowest BCUT2D eigenvalue weighted by Crippen LogP contribution is -2.12. The van der Waals surface area contributed by atoms with Gasteiger partial charge in [0.1, 0.15) is 0 Å². The number of fused-ring (bicyclic) bond motifs is 4. The summed E-state index contributed by atoms with van der Waals surface area (Å²) >= 11 is 0. The van der Waals surface area contributed by atoms with Crippen molar-refractivity contribution in [2.24, 2.45) is 0 Å². The number of nitrogens with zero attached hydrogens (tertiary/aromatic N) is 3. The summed E-state index contributed by atoms with van der Waals surface area (Å²) in [4.78, 5) is 4.78. The first kappa shape index (κ1) is 39.9. The molecule has 3 nitrogen and oxygen atoms in total. The largest absolute Gasteiger partial charge is 0.313 e. The standard InChI is InChI=1S/C64H47N3/c1-5-19-47(20-6-1)61-43-51-21-13-14-22-52(51)44-63(61)66(58-39-40-60-59-33-15-16-34-62(59)67(64(60)45-58)55-30-11-4-12-31-55)57-32-18-25-50(42-57)49-24-17-23-48(41-49)46-35-37-56(38-36-46)65(53-26-7-2-8-27-53)54-28-9-3-10-29-54/h1-15,17-33,35-45H,16,34H2. The van der Waals surface area contributed by atoms with Gasteiger partial charge in [0.25, 0.3) is 0 Å². The third-order valence-electron chi connectivity index (χ3n) is 13.2. The van der Waals surface area contributed by atoms with Gasteiger partial charge in [0.05, 0.1) is 11.2 Å². The normalized spacial score (nSPS) is 12.0. The zero-order valence-electron chi connectivity index (χ0n) is 37.1. The summed E-state index contributed by atoms with van der Waals surface area (Å²) in [7, 11) is 0. The fraction of sp³-hybridized carbons (Fsp3) is 0.0312. The van der Waals surface area contributed by atoms with Gasteiger partial charge >= 0.3 is 0 Å². The number of para-hydroxylation sites is 3. The molecule has 0 atom stereocenters. The lowest BCUT2D eigenvalue weighted by Gasteiger charge is -2.29. The van der Waals surface area contributed by atoms with Gasteiger partial charge in [-0.25, -0.2) is 0 Å². The summed E-state index contributed by atoms with van der Waals surface area (Å²) in [5, 5.41) is 3.68. The molecular formula is C64H47N3. The van der Waals surface area contributed by atoms with Gasteiger partial charge < -0.3 is 14.4 Å². The van der Waals surface area contributed by atoms with Crippen LogP contribution in [-0.2, 0) is 6.42 Å². The minimum Gasteiger partial charge on any atom is -0.313 e. The molecule has 0 unspecified atom stereocenters. The first-order valence-electron chi connectivity index (χ1n) is 23.2. The Morgan fingerprint density at radius 3 is 1.58 bits per heavy atom. The molecule has 0 saturated carbocycles. The van der Waals surface area contributed by atoms with E-state index in [2.05, 4.69) is 275 Å². The number of aromatic nitrogens is 1. The SMILES string of the molecule is C1=Cc2c(n(-c3ccccc3)c3cc(N(c4cccc(-c5cccc(-c6ccc(N(c7ccccc7)c7ccccc7)cc6)c5)c4)c4cc5ccccc5cc4-c4ccccc4)ccc23)CC1. The van der Waals surface area contributed by atoms with E-state index in [9.17, 15) is 0 Å². The monoisotopic (exact) mass is 857 g/mol. The summed E-state index contributed by atoms with van der Waals surface area (Å²) in [6.45, 7) is 0. The van der Waals surface area contributed by atoms with E-state index in [1.165, 1.54) is 60.9 Å². The minimum absolute atomic E-state index is 1.00. The average Bonchev–Trinajstić information content (AvgIpc) is 3.74. The molecule has 1 aliphatic rings. The first-order chi connectivity index (χ1) is 33.2. The van der Waals surface area contributed by atoms with Gasteiger partial charge in [0, 0.05) is 56.3 Å². The Morgan fingerprint density at radius 1 is 0.358 bits per heavy atom. The number of anilines is 6. The maximum absolute atomic E-state index is 2.49. The maximum atomic E-state index is 2.49. The van der Waals surface area contributed by atoms with Crippen molar-refractivity contribution < 1.29 is 0 Å². The van der Waals surface area contributed by atoms with E-state index >= 15 is 0 Å². The molecule has 0 amide bonds. The summed E-state index contributed by atoms with van der Waals surface area (Å²) in [5.41, 5.74) is 18.7. The third kappa shape index (κ3) is 7.57. The van der Waals surface area contributed by atoms with E-state index in [1.54, 1.807) is 0 Å². The Kier molecular flexibility index (Phi) is 10.3. The van der Waals surface area contributed by atoms with Gasteiger partial charge in [-0.2, -0.15) is 0 Å². The Bertz CT molecular complexity index is 3520. The average molecular weight is 858 g/mol. The second-order valence-corrected chi connectivity index (χ2v) is 17.3. The summed E-state index contributed by atoms with van der Waals surface area (Å²) < 4.78 is 2.49. The van der Waals surface area contributed by atoms with Crippen LogP contribution in [0.25, 0.3) is 66.8 Å². The second kappa shape index (κ2) is 17.4. The van der Waals surface area contributed by atoms with Gasteiger partial charge in [-0.05, 0) is 142 Å². The van der Waals surface area contributed by atoms with Crippen LogP contribution in [0.3, 0.4) is 0 Å². The Balaban J connectivity index is 0.993. The molecule has 1 heterocycles. The van der Waals surface area contributed by atoms with Crippen LogP contribution in [0.4, 0.5) is 34.1 Å². The van der Waals surface area contributed by atoms with Crippen LogP contribution in [0.1, 0.15) is 17.7 Å². The highest BCUT2D eigenvalue weighted by molar-refractivity contribution is 6.01. The topological polar surface area (TPSA) is 11.4 Å². The summed E-state index contributed by atoms with van der Waals surface area (Å²) in [6.07, 6.45) is 6.68. The van der Waals surface area contributed by atoms with E-state index in [4.69, 9.17) is 0 Å². The molecule has 0 spiro atoms. The fourth-order valence-electron chi connectivity index (χ4n) is 10.0. The molecule has 0 aliphatic heterocycles. The third-order valence-corrected chi connectivity index (χ3v) is 13.2. The van der Waals surface area contributed by atoms with Crippen LogP contribution in [0.15, 0.2) is 255 Å². The number of benzene rings is 10. The maximum Gasteiger partial charge on any atom is 0.0558 e. The molecule has 12 rings (SSSR count). The molecule has 0 fully saturated rings. The molecule has 10 aromatic carbocycles.